The lowest BCUT2D eigenvalue weighted by Gasteiger charge is -2.20. The summed E-state index contributed by atoms with van der Waals surface area (Å²) in [6, 6.07) is 21.9. The molecule has 0 bridgehead atoms. The maximum Gasteiger partial charge on any atom is 0.246 e. The molecule has 1 fully saturated rings. The number of carbonyl (C=O) groups is 1. The summed E-state index contributed by atoms with van der Waals surface area (Å²) in [6.45, 7) is 4.91. The molecule has 160 valence electrons. The number of nitrogens with one attached hydrogen (secondary N) is 2. The van der Waals surface area contributed by atoms with E-state index in [2.05, 4.69) is 51.7 Å². The van der Waals surface area contributed by atoms with Gasteiger partial charge >= 0.3 is 0 Å². The van der Waals surface area contributed by atoms with Crippen LogP contribution in [0, 0.1) is 6.92 Å². The minimum absolute atomic E-state index is 0.0779. The van der Waals surface area contributed by atoms with Crippen molar-refractivity contribution in [3.63, 3.8) is 0 Å². The SMILES string of the molecule is Cc1ccc(CCN[C@H](C(=O)Nc2ccc(N3CCCC3)nc2)c2ccccc2)cc1. The molecule has 0 radical (unpaired) electrons. The Balaban J connectivity index is 1.40. The molecular weight excluding hydrogens is 384 g/mol. The third-order valence-corrected chi connectivity index (χ3v) is 5.72. The molecule has 0 unspecified atom stereocenters. The summed E-state index contributed by atoms with van der Waals surface area (Å²) in [5, 5.41) is 6.47. The van der Waals surface area contributed by atoms with Gasteiger partial charge in [-0.05, 0) is 49.4 Å². The number of rotatable bonds is 8. The number of anilines is 2. The topological polar surface area (TPSA) is 57.3 Å². The van der Waals surface area contributed by atoms with Crippen LogP contribution in [0.5, 0.6) is 0 Å². The number of aromatic nitrogens is 1. The molecule has 1 saturated heterocycles. The van der Waals surface area contributed by atoms with Gasteiger partial charge in [-0.3, -0.25) is 4.79 Å². The van der Waals surface area contributed by atoms with Crippen molar-refractivity contribution in [1.29, 1.82) is 0 Å². The highest BCUT2D eigenvalue weighted by Crippen LogP contribution is 2.20. The van der Waals surface area contributed by atoms with E-state index in [4.69, 9.17) is 0 Å². The fraction of sp³-hybridized carbons (Fsp3) is 0.308. The van der Waals surface area contributed by atoms with Crippen molar-refractivity contribution < 1.29 is 4.79 Å². The van der Waals surface area contributed by atoms with Gasteiger partial charge in [-0.2, -0.15) is 0 Å². The fourth-order valence-corrected chi connectivity index (χ4v) is 3.93. The lowest BCUT2D eigenvalue weighted by atomic mass is 10.0. The summed E-state index contributed by atoms with van der Waals surface area (Å²) >= 11 is 0. The van der Waals surface area contributed by atoms with Gasteiger partial charge in [0.2, 0.25) is 5.91 Å². The zero-order valence-electron chi connectivity index (χ0n) is 18.1. The first-order valence-corrected chi connectivity index (χ1v) is 11.0. The van der Waals surface area contributed by atoms with Crippen LogP contribution in [0.3, 0.4) is 0 Å². The highest BCUT2D eigenvalue weighted by atomic mass is 16.2. The van der Waals surface area contributed by atoms with Crippen LogP contribution in [0.15, 0.2) is 72.9 Å². The number of hydrogen-bond donors (Lipinski definition) is 2. The van der Waals surface area contributed by atoms with E-state index >= 15 is 0 Å². The number of amides is 1. The third-order valence-electron chi connectivity index (χ3n) is 5.72. The standard InChI is InChI=1S/C26H30N4O/c1-20-9-11-21(12-10-20)15-16-27-25(22-7-3-2-4-8-22)26(31)29-23-13-14-24(28-19-23)30-17-5-6-18-30/h2-4,7-14,19,25,27H,5-6,15-18H2,1H3,(H,29,31)/t25-/m0/s1. The summed E-state index contributed by atoms with van der Waals surface area (Å²) in [5.74, 6) is 0.900. The van der Waals surface area contributed by atoms with E-state index in [0.29, 0.717) is 12.2 Å². The van der Waals surface area contributed by atoms with Gasteiger partial charge in [-0.1, -0.05) is 60.2 Å². The Hall–Kier alpha value is -3.18. The molecule has 2 N–H and O–H groups in total. The van der Waals surface area contributed by atoms with Crippen LogP contribution in [0.1, 0.15) is 35.6 Å². The molecule has 5 nitrogen and oxygen atoms in total. The van der Waals surface area contributed by atoms with Gasteiger partial charge in [0.1, 0.15) is 11.9 Å². The van der Waals surface area contributed by atoms with E-state index < -0.39 is 6.04 Å². The molecule has 0 spiro atoms. The normalized spacial score (nSPS) is 14.4. The molecule has 4 rings (SSSR count). The fourth-order valence-electron chi connectivity index (χ4n) is 3.93. The van der Waals surface area contributed by atoms with Crippen molar-refractivity contribution in [2.45, 2.75) is 32.2 Å². The van der Waals surface area contributed by atoms with Crippen LogP contribution in [0.4, 0.5) is 11.5 Å². The van der Waals surface area contributed by atoms with E-state index in [9.17, 15) is 4.79 Å². The maximum atomic E-state index is 13.1. The number of nitrogens with zero attached hydrogens (tertiary/aromatic N) is 2. The number of carbonyl (C=O) groups excluding carboxylic acids is 1. The molecule has 2 heterocycles. The highest BCUT2D eigenvalue weighted by molar-refractivity contribution is 5.95. The van der Waals surface area contributed by atoms with Crippen molar-refractivity contribution in [2.24, 2.45) is 0 Å². The van der Waals surface area contributed by atoms with Crippen molar-refractivity contribution in [1.82, 2.24) is 10.3 Å². The predicted octanol–water partition coefficient (Wildman–Crippen LogP) is 4.50. The van der Waals surface area contributed by atoms with Crippen LogP contribution >= 0.6 is 0 Å². The van der Waals surface area contributed by atoms with Crippen LogP contribution in [0.2, 0.25) is 0 Å². The second-order valence-electron chi connectivity index (χ2n) is 8.12. The van der Waals surface area contributed by atoms with Crippen molar-refractivity contribution in [2.75, 3.05) is 29.9 Å². The van der Waals surface area contributed by atoms with Gasteiger partial charge in [-0.15, -0.1) is 0 Å². The molecule has 0 saturated carbocycles. The summed E-state index contributed by atoms with van der Waals surface area (Å²) < 4.78 is 0. The molecule has 0 aliphatic carbocycles. The first-order valence-electron chi connectivity index (χ1n) is 11.0. The second kappa shape index (κ2) is 10.2. The Bertz CT molecular complexity index is 965. The van der Waals surface area contributed by atoms with Crippen LogP contribution in [0.25, 0.3) is 0 Å². The summed E-state index contributed by atoms with van der Waals surface area (Å²) in [6.07, 6.45) is 5.04. The number of aryl methyl sites for hydroxylation is 1. The van der Waals surface area contributed by atoms with Gasteiger partial charge in [-0.25, -0.2) is 4.98 Å². The largest absolute Gasteiger partial charge is 0.357 e. The Morgan fingerprint density at radius 2 is 1.74 bits per heavy atom. The highest BCUT2D eigenvalue weighted by Gasteiger charge is 2.20. The van der Waals surface area contributed by atoms with E-state index in [1.165, 1.54) is 24.0 Å². The molecule has 1 amide bonds. The Morgan fingerprint density at radius 3 is 2.42 bits per heavy atom. The van der Waals surface area contributed by atoms with E-state index in [1.54, 1.807) is 6.20 Å². The van der Waals surface area contributed by atoms with E-state index in [1.807, 2.05) is 42.5 Å². The second-order valence-corrected chi connectivity index (χ2v) is 8.12. The Morgan fingerprint density at radius 1 is 1.00 bits per heavy atom. The first-order chi connectivity index (χ1) is 15.2. The monoisotopic (exact) mass is 414 g/mol. The Labute approximate surface area is 184 Å². The number of benzene rings is 2. The predicted molar refractivity (Wildman–Crippen MR) is 126 cm³/mol. The minimum Gasteiger partial charge on any atom is -0.357 e. The Kier molecular flexibility index (Phi) is 6.95. The average molecular weight is 415 g/mol. The summed E-state index contributed by atoms with van der Waals surface area (Å²) in [5.41, 5.74) is 4.18. The molecule has 31 heavy (non-hydrogen) atoms. The van der Waals surface area contributed by atoms with Gasteiger partial charge in [0.15, 0.2) is 0 Å². The number of hydrogen-bond acceptors (Lipinski definition) is 4. The van der Waals surface area contributed by atoms with Crippen LogP contribution < -0.4 is 15.5 Å². The third kappa shape index (κ3) is 5.70. The van der Waals surface area contributed by atoms with Crippen molar-refractivity contribution in [3.8, 4) is 0 Å². The molecule has 5 heteroatoms. The lowest BCUT2D eigenvalue weighted by molar-refractivity contribution is -0.118. The molecule has 2 aromatic carbocycles. The van der Waals surface area contributed by atoms with Gasteiger partial charge in [0.25, 0.3) is 0 Å². The molecular formula is C26H30N4O. The summed E-state index contributed by atoms with van der Waals surface area (Å²) in [7, 11) is 0. The lowest BCUT2D eigenvalue weighted by Crippen LogP contribution is -2.34. The summed E-state index contributed by atoms with van der Waals surface area (Å²) in [4.78, 5) is 20.0. The van der Waals surface area contributed by atoms with E-state index in [-0.39, 0.29) is 5.91 Å². The number of pyridine rings is 1. The zero-order chi connectivity index (χ0) is 21.5. The molecule has 3 aromatic rings. The van der Waals surface area contributed by atoms with Gasteiger partial charge in [0, 0.05) is 19.6 Å². The first kappa shape index (κ1) is 21.1. The van der Waals surface area contributed by atoms with Crippen LogP contribution in [-0.2, 0) is 11.2 Å². The van der Waals surface area contributed by atoms with Crippen molar-refractivity contribution in [3.05, 3.63) is 89.6 Å². The quantitative estimate of drug-likeness (QED) is 0.570. The molecule has 1 aromatic heterocycles. The van der Waals surface area contributed by atoms with Crippen molar-refractivity contribution >= 4 is 17.4 Å². The van der Waals surface area contributed by atoms with Gasteiger partial charge < -0.3 is 15.5 Å². The molecule has 1 aliphatic rings. The average Bonchev–Trinajstić information content (AvgIpc) is 3.34. The molecule has 1 atom stereocenters. The maximum absolute atomic E-state index is 13.1. The van der Waals surface area contributed by atoms with Gasteiger partial charge in [0.05, 0.1) is 11.9 Å². The smallest absolute Gasteiger partial charge is 0.246 e. The zero-order valence-corrected chi connectivity index (χ0v) is 18.1. The molecule has 1 aliphatic heterocycles. The van der Waals surface area contributed by atoms with E-state index in [0.717, 1.165) is 30.9 Å². The van der Waals surface area contributed by atoms with Crippen LogP contribution in [-0.4, -0.2) is 30.5 Å². The minimum atomic E-state index is -0.426.